The Hall–Kier alpha value is -2.03. The highest BCUT2D eigenvalue weighted by Gasteiger charge is 2.07. The van der Waals surface area contributed by atoms with Crippen LogP contribution >= 0.6 is 24.0 Å². The third-order valence-corrected chi connectivity index (χ3v) is 3.68. The van der Waals surface area contributed by atoms with Crippen LogP contribution in [-0.2, 0) is 6.54 Å². The third kappa shape index (κ3) is 8.03. The zero-order valence-corrected chi connectivity index (χ0v) is 18.7. The number of ether oxygens (including phenoxy) is 2. The average Bonchev–Trinajstić information content (AvgIpc) is 2.64. The van der Waals surface area contributed by atoms with Crippen LogP contribution in [-0.4, -0.2) is 37.2 Å². The van der Waals surface area contributed by atoms with Crippen molar-refractivity contribution in [2.24, 2.45) is 4.99 Å². The summed E-state index contributed by atoms with van der Waals surface area (Å²) in [6, 6.07) is 11.9. The van der Waals surface area contributed by atoms with E-state index >= 15 is 0 Å². The van der Waals surface area contributed by atoms with E-state index in [0.717, 1.165) is 23.8 Å². The molecule has 6 nitrogen and oxygen atoms in total. The number of methoxy groups -OCH3 is 1. The second-order valence-electron chi connectivity index (χ2n) is 5.99. The molecule has 0 bridgehead atoms. The highest BCUT2D eigenvalue weighted by atomic mass is 127. The van der Waals surface area contributed by atoms with Crippen molar-refractivity contribution in [3.63, 3.8) is 0 Å². The molecule has 1 unspecified atom stereocenters. The Kier molecular flexibility index (Phi) is 10.5. The van der Waals surface area contributed by atoms with Gasteiger partial charge in [-0.25, -0.2) is 9.98 Å². The molecule has 0 spiro atoms. The maximum Gasteiger partial charge on any atom is 0.218 e. The van der Waals surface area contributed by atoms with Crippen LogP contribution in [0.25, 0.3) is 0 Å². The first-order valence-electron chi connectivity index (χ1n) is 8.85. The normalized spacial score (nSPS) is 11.9. The number of aliphatic imine (C=N–C) groups is 1. The van der Waals surface area contributed by atoms with Crippen LogP contribution in [0.15, 0.2) is 47.6 Å². The average molecular weight is 484 g/mol. The molecule has 0 aliphatic rings. The number of nitrogens with zero attached hydrogens (tertiary/aromatic N) is 2. The number of aryl methyl sites for hydroxylation is 1. The van der Waals surface area contributed by atoms with E-state index in [0.29, 0.717) is 19.0 Å². The van der Waals surface area contributed by atoms with Gasteiger partial charge in [-0.3, -0.25) is 0 Å². The number of pyridine rings is 1. The lowest BCUT2D eigenvalue weighted by molar-refractivity contribution is 0.223. The quantitative estimate of drug-likeness (QED) is 0.341. The predicted molar refractivity (Wildman–Crippen MR) is 120 cm³/mol. The highest BCUT2D eigenvalue weighted by molar-refractivity contribution is 14.0. The summed E-state index contributed by atoms with van der Waals surface area (Å²) in [6.45, 7) is 8.03. The molecule has 0 aliphatic heterocycles. The molecule has 27 heavy (non-hydrogen) atoms. The molecule has 0 aliphatic carbocycles. The SMILES string of the molecule is CCNC(=NCc1cccnc1OC)NCC(C)Oc1cccc(C)c1.I. The first-order valence-corrected chi connectivity index (χ1v) is 8.85. The first kappa shape index (κ1) is 23.0. The summed E-state index contributed by atoms with van der Waals surface area (Å²) in [5.41, 5.74) is 2.12. The van der Waals surface area contributed by atoms with Crippen molar-refractivity contribution in [3.05, 3.63) is 53.7 Å². The van der Waals surface area contributed by atoms with E-state index in [2.05, 4.69) is 33.6 Å². The molecule has 148 valence electrons. The maximum absolute atomic E-state index is 5.95. The van der Waals surface area contributed by atoms with Crippen LogP contribution in [0.3, 0.4) is 0 Å². The van der Waals surface area contributed by atoms with Crippen molar-refractivity contribution in [3.8, 4) is 11.6 Å². The summed E-state index contributed by atoms with van der Waals surface area (Å²) < 4.78 is 11.2. The number of benzene rings is 1. The minimum Gasteiger partial charge on any atom is -0.489 e. The number of halogens is 1. The number of nitrogens with one attached hydrogen (secondary N) is 2. The number of hydrogen-bond acceptors (Lipinski definition) is 4. The second-order valence-corrected chi connectivity index (χ2v) is 5.99. The monoisotopic (exact) mass is 484 g/mol. The van der Waals surface area contributed by atoms with Gasteiger partial charge in [0, 0.05) is 18.3 Å². The topological polar surface area (TPSA) is 67.8 Å². The molecule has 2 aromatic rings. The van der Waals surface area contributed by atoms with Crippen LogP contribution in [0.2, 0.25) is 0 Å². The van der Waals surface area contributed by atoms with Crippen LogP contribution in [0.1, 0.15) is 25.0 Å². The van der Waals surface area contributed by atoms with Gasteiger partial charge in [0.2, 0.25) is 5.88 Å². The Morgan fingerprint density at radius 2 is 2.04 bits per heavy atom. The van der Waals surface area contributed by atoms with Crippen LogP contribution in [0, 0.1) is 6.92 Å². The Morgan fingerprint density at radius 3 is 2.74 bits per heavy atom. The van der Waals surface area contributed by atoms with Crippen LogP contribution in [0.4, 0.5) is 0 Å². The Morgan fingerprint density at radius 1 is 1.22 bits per heavy atom. The Labute approximate surface area is 178 Å². The number of hydrogen-bond donors (Lipinski definition) is 2. The van der Waals surface area contributed by atoms with E-state index in [1.807, 2.05) is 44.2 Å². The van der Waals surface area contributed by atoms with Gasteiger partial charge in [-0.1, -0.05) is 18.2 Å². The zero-order chi connectivity index (χ0) is 18.8. The van der Waals surface area contributed by atoms with Gasteiger partial charge < -0.3 is 20.1 Å². The van der Waals surface area contributed by atoms with E-state index in [9.17, 15) is 0 Å². The number of aromatic nitrogens is 1. The van der Waals surface area contributed by atoms with Crippen molar-refractivity contribution >= 4 is 29.9 Å². The summed E-state index contributed by atoms with van der Waals surface area (Å²) in [5, 5.41) is 6.56. The Balaban J connectivity index is 0.00000364. The maximum atomic E-state index is 5.95. The summed E-state index contributed by atoms with van der Waals surface area (Å²) in [5.74, 6) is 2.21. The molecule has 2 N–H and O–H groups in total. The molecule has 0 radical (unpaired) electrons. The minimum atomic E-state index is 0. The van der Waals surface area contributed by atoms with Gasteiger partial charge in [0.1, 0.15) is 11.9 Å². The smallest absolute Gasteiger partial charge is 0.218 e. The molecule has 1 atom stereocenters. The molecule has 1 aromatic heterocycles. The summed E-state index contributed by atoms with van der Waals surface area (Å²) in [4.78, 5) is 8.80. The van der Waals surface area contributed by atoms with E-state index in [4.69, 9.17) is 9.47 Å². The summed E-state index contributed by atoms with van der Waals surface area (Å²) in [6.07, 6.45) is 1.72. The molecule has 0 amide bonds. The second kappa shape index (κ2) is 12.4. The third-order valence-electron chi connectivity index (χ3n) is 3.68. The van der Waals surface area contributed by atoms with Crippen molar-refractivity contribution in [1.29, 1.82) is 0 Å². The van der Waals surface area contributed by atoms with E-state index in [1.54, 1.807) is 13.3 Å². The fraction of sp³-hybridized carbons (Fsp3) is 0.400. The fourth-order valence-corrected chi connectivity index (χ4v) is 2.44. The van der Waals surface area contributed by atoms with Crippen molar-refractivity contribution in [1.82, 2.24) is 15.6 Å². The molecule has 1 heterocycles. The van der Waals surface area contributed by atoms with Crippen LogP contribution in [0.5, 0.6) is 11.6 Å². The molecule has 0 saturated carbocycles. The standard InChI is InChI=1S/C20H28N4O2.HI/c1-5-21-20(24-14-17-9-7-11-22-19(17)25-4)23-13-16(3)26-18-10-6-8-15(2)12-18;/h6-12,16H,5,13-14H2,1-4H3,(H2,21,23,24);1H. The van der Waals surface area contributed by atoms with Gasteiger partial charge in [-0.05, 0) is 44.5 Å². The molecular formula is C20H29IN4O2. The largest absolute Gasteiger partial charge is 0.489 e. The molecular weight excluding hydrogens is 455 g/mol. The number of guanidine groups is 1. The first-order chi connectivity index (χ1) is 12.6. The highest BCUT2D eigenvalue weighted by Crippen LogP contribution is 2.15. The van der Waals surface area contributed by atoms with E-state index in [-0.39, 0.29) is 30.1 Å². The minimum absolute atomic E-state index is 0. The lowest BCUT2D eigenvalue weighted by Crippen LogP contribution is -2.41. The van der Waals surface area contributed by atoms with Gasteiger partial charge in [-0.2, -0.15) is 0 Å². The molecule has 0 fully saturated rings. The van der Waals surface area contributed by atoms with Gasteiger partial charge in [0.25, 0.3) is 0 Å². The lowest BCUT2D eigenvalue weighted by atomic mass is 10.2. The number of rotatable bonds is 8. The van der Waals surface area contributed by atoms with E-state index in [1.165, 1.54) is 5.56 Å². The van der Waals surface area contributed by atoms with Crippen LogP contribution < -0.4 is 20.1 Å². The summed E-state index contributed by atoms with van der Waals surface area (Å²) in [7, 11) is 1.61. The molecule has 1 aromatic carbocycles. The zero-order valence-electron chi connectivity index (χ0n) is 16.4. The van der Waals surface area contributed by atoms with Gasteiger partial charge in [0.15, 0.2) is 5.96 Å². The van der Waals surface area contributed by atoms with Gasteiger partial charge in [-0.15, -0.1) is 24.0 Å². The summed E-state index contributed by atoms with van der Waals surface area (Å²) >= 11 is 0. The Bertz CT molecular complexity index is 725. The fourth-order valence-electron chi connectivity index (χ4n) is 2.44. The van der Waals surface area contributed by atoms with Crippen molar-refractivity contribution in [2.75, 3.05) is 20.2 Å². The van der Waals surface area contributed by atoms with Crippen molar-refractivity contribution < 1.29 is 9.47 Å². The van der Waals surface area contributed by atoms with Gasteiger partial charge >= 0.3 is 0 Å². The van der Waals surface area contributed by atoms with E-state index < -0.39 is 0 Å². The molecule has 0 saturated heterocycles. The molecule has 7 heteroatoms. The van der Waals surface area contributed by atoms with Gasteiger partial charge in [0.05, 0.1) is 20.2 Å². The molecule has 2 rings (SSSR count). The lowest BCUT2D eigenvalue weighted by Gasteiger charge is -2.18. The van der Waals surface area contributed by atoms with Crippen molar-refractivity contribution in [2.45, 2.75) is 33.4 Å². The predicted octanol–water partition coefficient (Wildman–Crippen LogP) is 3.54.